The van der Waals surface area contributed by atoms with E-state index in [2.05, 4.69) is 0 Å². The number of carbonyl (C=O) groups is 2. The molecular formula is C11H19NO3. The number of Topliss-reactive ketones (excluding diaryl/α,β-unsaturated/α-hetero) is 1. The van der Waals surface area contributed by atoms with Crippen LogP contribution in [0.5, 0.6) is 0 Å². The van der Waals surface area contributed by atoms with Gasteiger partial charge in [0.15, 0.2) is 5.78 Å². The van der Waals surface area contributed by atoms with Crippen molar-refractivity contribution in [1.29, 1.82) is 0 Å². The molecular weight excluding hydrogens is 194 g/mol. The second-order valence-electron chi connectivity index (χ2n) is 4.97. The zero-order valence-electron chi connectivity index (χ0n) is 9.87. The number of rotatable bonds is 1. The third-order valence-corrected chi connectivity index (χ3v) is 2.42. The molecule has 1 aliphatic rings. The average Bonchev–Trinajstić information content (AvgIpc) is 2.47. The Morgan fingerprint density at radius 3 is 2.47 bits per heavy atom. The van der Waals surface area contributed by atoms with Gasteiger partial charge in [0.1, 0.15) is 5.60 Å². The molecule has 0 N–H and O–H groups in total. The van der Waals surface area contributed by atoms with Crippen LogP contribution in [0.3, 0.4) is 0 Å². The van der Waals surface area contributed by atoms with Gasteiger partial charge in [0, 0.05) is 13.5 Å². The highest BCUT2D eigenvalue weighted by Gasteiger charge is 2.32. The summed E-state index contributed by atoms with van der Waals surface area (Å²) in [5.74, 6) is 0.142. The van der Waals surface area contributed by atoms with Gasteiger partial charge in [0.05, 0.1) is 6.04 Å². The zero-order chi connectivity index (χ0) is 11.6. The van der Waals surface area contributed by atoms with E-state index in [9.17, 15) is 9.59 Å². The van der Waals surface area contributed by atoms with Crippen LogP contribution in [0, 0.1) is 0 Å². The van der Waals surface area contributed by atoms with E-state index in [1.54, 1.807) is 7.05 Å². The van der Waals surface area contributed by atoms with Gasteiger partial charge < -0.3 is 9.64 Å². The van der Waals surface area contributed by atoms with E-state index in [0.29, 0.717) is 6.42 Å². The third kappa shape index (κ3) is 3.22. The predicted molar refractivity (Wildman–Crippen MR) is 56.6 cm³/mol. The largest absolute Gasteiger partial charge is 0.444 e. The topological polar surface area (TPSA) is 46.6 Å². The number of carbonyl (C=O) groups excluding carboxylic acids is 2. The lowest BCUT2D eigenvalue weighted by atomic mass is 10.2. The Morgan fingerprint density at radius 1 is 1.47 bits per heavy atom. The lowest BCUT2D eigenvalue weighted by molar-refractivity contribution is -0.121. The minimum Gasteiger partial charge on any atom is -0.444 e. The number of likely N-dealkylation sites (N-methyl/N-ethyl adjacent to an activating group) is 1. The third-order valence-electron chi connectivity index (χ3n) is 2.42. The Hall–Kier alpha value is -1.06. The molecule has 0 aliphatic heterocycles. The van der Waals surface area contributed by atoms with Crippen molar-refractivity contribution in [3.05, 3.63) is 0 Å². The number of ketones is 1. The molecule has 0 aromatic heterocycles. The van der Waals surface area contributed by atoms with Gasteiger partial charge in [-0.1, -0.05) is 0 Å². The molecule has 1 atom stereocenters. The molecule has 0 spiro atoms. The fourth-order valence-corrected chi connectivity index (χ4v) is 1.67. The van der Waals surface area contributed by atoms with Crippen LogP contribution in [-0.4, -0.2) is 35.5 Å². The smallest absolute Gasteiger partial charge is 0.410 e. The summed E-state index contributed by atoms with van der Waals surface area (Å²) in [6.07, 6.45) is 1.80. The van der Waals surface area contributed by atoms with Gasteiger partial charge in [-0.25, -0.2) is 4.79 Å². The first-order chi connectivity index (χ1) is 6.81. The van der Waals surface area contributed by atoms with Crippen LogP contribution in [0.2, 0.25) is 0 Å². The van der Waals surface area contributed by atoms with Crippen molar-refractivity contribution in [1.82, 2.24) is 4.90 Å². The molecule has 0 aromatic rings. The van der Waals surface area contributed by atoms with E-state index in [0.717, 1.165) is 12.8 Å². The monoisotopic (exact) mass is 213 g/mol. The van der Waals surface area contributed by atoms with Crippen LogP contribution in [0.1, 0.15) is 40.0 Å². The molecule has 1 fully saturated rings. The molecule has 15 heavy (non-hydrogen) atoms. The van der Waals surface area contributed by atoms with Gasteiger partial charge in [-0.15, -0.1) is 0 Å². The van der Waals surface area contributed by atoms with E-state index in [1.165, 1.54) is 4.90 Å². The van der Waals surface area contributed by atoms with Gasteiger partial charge >= 0.3 is 6.09 Å². The second-order valence-corrected chi connectivity index (χ2v) is 4.97. The maximum atomic E-state index is 11.6. The molecule has 1 unspecified atom stereocenters. The van der Waals surface area contributed by atoms with E-state index >= 15 is 0 Å². The Morgan fingerprint density at radius 2 is 2.07 bits per heavy atom. The van der Waals surface area contributed by atoms with Crippen molar-refractivity contribution in [3.63, 3.8) is 0 Å². The number of hydrogen-bond donors (Lipinski definition) is 0. The predicted octanol–water partition coefficient (Wildman–Crippen LogP) is 1.97. The highest BCUT2D eigenvalue weighted by atomic mass is 16.6. The Bertz CT molecular complexity index is 267. The summed E-state index contributed by atoms with van der Waals surface area (Å²) >= 11 is 0. The van der Waals surface area contributed by atoms with Crippen LogP contribution in [0.25, 0.3) is 0 Å². The second kappa shape index (κ2) is 4.21. The lowest BCUT2D eigenvalue weighted by Gasteiger charge is -2.27. The summed E-state index contributed by atoms with van der Waals surface area (Å²) < 4.78 is 5.20. The number of nitrogens with zero attached hydrogens (tertiary/aromatic N) is 1. The maximum absolute atomic E-state index is 11.6. The highest BCUT2D eigenvalue weighted by Crippen LogP contribution is 2.21. The summed E-state index contributed by atoms with van der Waals surface area (Å²) in [5, 5.41) is 0. The molecule has 1 saturated carbocycles. The first-order valence-corrected chi connectivity index (χ1v) is 5.30. The van der Waals surface area contributed by atoms with Crippen LogP contribution in [-0.2, 0) is 9.53 Å². The summed E-state index contributed by atoms with van der Waals surface area (Å²) in [5.41, 5.74) is -0.507. The minimum absolute atomic E-state index is 0.142. The average molecular weight is 213 g/mol. The van der Waals surface area contributed by atoms with Crippen molar-refractivity contribution in [2.75, 3.05) is 7.05 Å². The van der Waals surface area contributed by atoms with Gasteiger partial charge in [0.2, 0.25) is 0 Å². The fourth-order valence-electron chi connectivity index (χ4n) is 1.67. The quantitative estimate of drug-likeness (QED) is 0.669. The molecule has 4 nitrogen and oxygen atoms in total. The van der Waals surface area contributed by atoms with Crippen LogP contribution in [0.15, 0.2) is 0 Å². The standard InChI is InChI=1S/C11H19NO3/c1-11(2,3)15-10(14)12(4)8-6-5-7-9(8)13/h8H,5-7H2,1-4H3. The van der Waals surface area contributed by atoms with Gasteiger partial charge in [0.25, 0.3) is 0 Å². The molecule has 4 heteroatoms. The van der Waals surface area contributed by atoms with Gasteiger partial charge in [-0.05, 0) is 33.6 Å². The van der Waals surface area contributed by atoms with E-state index in [1.807, 2.05) is 20.8 Å². The van der Waals surface area contributed by atoms with E-state index < -0.39 is 11.7 Å². The number of amides is 1. The lowest BCUT2D eigenvalue weighted by Crippen LogP contribution is -2.42. The van der Waals surface area contributed by atoms with Crippen molar-refractivity contribution in [2.45, 2.75) is 51.7 Å². The number of ether oxygens (including phenoxy) is 1. The molecule has 86 valence electrons. The Kier molecular flexibility index (Phi) is 3.37. The summed E-state index contributed by atoms with van der Waals surface area (Å²) in [6.45, 7) is 5.44. The first-order valence-electron chi connectivity index (χ1n) is 5.30. The summed E-state index contributed by atoms with van der Waals surface area (Å²) in [4.78, 5) is 24.5. The maximum Gasteiger partial charge on any atom is 0.410 e. The highest BCUT2D eigenvalue weighted by molar-refractivity contribution is 5.89. The molecule has 0 saturated heterocycles. The van der Waals surface area contributed by atoms with Gasteiger partial charge in [-0.2, -0.15) is 0 Å². The summed E-state index contributed by atoms with van der Waals surface area (Å²) in [7, 11) is 1.63. The van der Waals surface area contributed by atoms with Gasteiger partial charge in [-0.3, -0.25) is 4.79 Å². The van der Waals surface area contributed by atoms with Crippen LogP contribution >= 0.6 is 0 Å². The first kappa shape index (κ1) is 12.0. The Balaban J connectivity index is 2.56. The number of hydrogen-bond acceptors (Lipinski definition) is 3. The van der Waals surface area contributed by atoms with Crippen molar-refractivity contribution >= 4 is 11.9 Å². The minimum atomic E-state index is -0.507. The molecule has 0 aromatic carbocycles. The SMILES string of the molecule is CN(C(=O)OC(C)(C)C)C1CCCC1=O. The molecule has 1 rings (SSSR count). The Labute approximate surface area is 90.6 Å². The zero-order valence-corrected chi connectivity index (χ0v) is 9.87. The van der Waals surface area contributed by atoms with E-state index in [-0.39, 0.29) is 11.8 Å². The normalized spacial score (nSPS) is 21.6. The molecule has 1 aliphatic carbocycles. The molecule has 1 amide bonds. The van der Waals surface area contributed by atoms with Crippen molar-refractivity contribution in [3.8, 4) is 0 Å². The van der Waals surface area contributed by atoms with Crippen LogP contribution in [0.4, 0.5) is 4.79 Å². The molecule has 0 bridgehead atoms. The summed E-state index contributed by atoms with van der Waals surface area (Å²) in [6, 6.07) is -0.278. The van der Waals surface area contributed by atoms with Crippen molar-refractivity contribution in [2.24, 2.45) is 0 Å². The molecule has 0 radical (unpaired) electrons. The van der Waals surface area contributed by atoms with Crippen molar-refractivity contribution < 1.29 is 14.3 Å². The fraction of sp³-hybridized carbons (Fsp3) is 0.818. The molecule has 0 heterocycles. The van der Waals surface area contributed by atoms with Crippen LogP contribution < -0.4 is 0 Å². The van der Waals surface area contributed by atoms with E-state index in [4.69, 9.17) is 4.74 Å².